The van der Waals surface area contributed by atoms with Gasteiger partial charge in [-0.05, 0) is 18.2 Å². The lowest BCUT2D eigenvalue weighted by Crippen LogP contribution is -1.73. The molecule has 1 aromatic heterocycles. The Balaban J connectivity index is 0.000000249. The second-order valence-electron chi connectivity index (χ2n) is 3.00. The number of aromatic nitrogens is 1. The van der Waals surface area contributed by atoms with E-state index < -0.39 is 7.82 Å². The first-order valence-corrected chi connectivity index (χ1v) is 6.78. The molecule has 0 bridgehead atoms. The predicted octanol–water partition coefficient (Wildman–Crippen LogP) is 2.23. The minimum absolute atomic E-state index is 0.249. The van der Waals surface area contributed by atoms with Gasteiger partial charge in [0.05, 0.1) is 27.9 Å². The third-order valence-corrected chi connectivity index (χ3v) is 2.52. The first kappa shape index (κ1) is 14.5. The van der Waals surface area contributed by atoms with Crippen LogP contribution in [-0.2, 0) is 4.57 Å². The molecule has 0 unspecified atom stereocenters. The number of aromatic hydroxyl groups is 1. The SMILES string of the molecule is O=P(O)(O)O.Oc1cn(Br)c2cc(Cl)ccc12. The fraction of sp³-hybridized carbons (Fsp3) is 0. The number of hydrogen-bond donors (Lipinski definition) is 4. The van der Waals surface area contributed by atoms with E-state index in [1.807, 2.05) is 0 Å². The van der Waals surface area contributed by atoms with Crippen LogP contribution in [0.1, 0.15) is 0 Å². The van der Waals surface area contributed by atoms with Gasteiger partial charge in [0.2, 0.25) is 0 Å². The van der Waals surface area contributed by atoms with Crippen LogP contribution in [0, 0.1) is 0 Å². The van der Waals surface area contributed by atoms with Crippen LogP contribution in [0.25, 0.3) is 10.9 Å². The molecule has 94 valence electrons. The second-order valence-corrected chi connectivity index (χ2v) is 5.23. The molecule has 0 spiro atoms. The molecule has 0 amide bonds. The smallest absolute Gasteiger partial charge is 0.466 e. The van der Waals surface area contributed by atoms with Crippen LogP contribution in [-0.4, -0.2) is 23.4 Å². The van der Waals surface area contributed by atoms with E-state index in [0.29, 0.717) is 5.02 Å². The normalized spacial score (nSPS) is 11.1. The molecule has 0 saturated carbocycles. The Morgan fingerprint density at radius 1 is 1.29 bits per heavy atom. The summed E-state index contributed by atoms with van der Waals surface area (Å²) in [4.78, 5) is 21.6. The summed E-state index contributed by atoms with van der Waals surface area (Å²) >= 11 is 9.03. The average molecular weight is 344 g/mol. The summed E-state index contributed by atoms with van der Waals surface area (Å²) in [6.07, 6.45) is 1.58. The number of halogens is 2. The molecule has 0 fully saturated rings. The Labute approximate surface area is 110 Å². The van der Waals surface area contributed by atoms with Crippen molar-refractivity contribution in [2.24, 2.45) is 0 Å². The molecule has 0 aliphatic rings. The van der Waals surface area contributed by atoms with Gasteiger partial charge in [0.25, 0.3) is 0 Å². The predicted molar refractivity (Wildman–Crippen MR) is 67.2 cm³/mol. The topological polar surface area (TPSA) is 103 Å². The molecule has 0 saturated heterocycles. The highest BCUT2D eigenvalue weighted by molar-refractivity contribution is 9.08. The van der Waals surface area contributed by atoms with Crippen LogP contribution in [0.2, 0.25) is 5.02 Å². The van der Waals surface area contributed by atoms with Gasteiger partial charge in [-0.3, -0.25) is 3.59 Å². The average Bonchev–Trinajstić information content (AvgIpc) is 2.39. The van der Waals surface area contributed by atoms with Crippen molar-refractivity contribution in [3.05, 3.63) is 29.4 Å². The van der Waals surface area contributed by atoms with Crippen molar-refractivity contribution in [1.82, 2.24) is 3.59 Å². The molecular formula is C8H8BrClNO5P. The molecule has 0 atom stereocenters. The van der Waals surface area contributed by atoms with E-state index in [9.17, 15) is 5.11 Å². The Kier molecular flexibility index (Phi) is 4.60. The van der Waals surface area contributed by atoms with Gasteiger partial charge in [0.1, 0.15) is 5.75 Å². The van der Waals surface area contributed by atoms with Gasteiger partial charge < -0.3 is 19.8 Å². The summed E-state index contributed by atoms with van der Waals surface area (Å²) < 4.78 is 10.5. The lowest BCUT2D eigenvalue weighted by atomic mass is 10.2. The van der Waals surface area contributed by atoms with Crippen molar-refractivity contribution in [1.29, 1.82) is 0 Å². The van der Waals surface area contributed by atoms with Crippen LogP contribution in [0.3, 0.4) is 0 Å². The van der Waals surface area contributed by atoms with E-state index >= 15 is 0 Å². The summed E-state index contributed by atoms with van der Waals surface area (Å²) in [6, 6.07) is 5.31. The largest absolute Gasteiger partial charge is 0.506 e. The number of rotatable bonds is 0. The molecule has 0 aliphatic carbocycles. The molecule has 9 heteroatoms. The van der Waals surface area contributed by atoms with E-state index in [2.05, 4.69) is 16.1 Å². The van der Waals surface area contributed by atoms with Gasteiger partial charge in [-0.1, -0.05) is 11.6 Å². The standard InChI is InChI=1S/C8H5BrClNO.H3O4P/c9-11-4-8(12)6-2-1-5(10)3-7(6)11;1-5(2,3)4/h1-4,12H;(H3,1,2,3,4). The molecule has 0 aliphatic heterocycles. The molecule has 2 aromatic rings. The molecule has 1 aromatic carbocycles. The third kappa shape index (κ3) is 4.67. The minimum atomic E-state index is -4.64. The maximum Gasteiger partial charge on any atom is 0.466 e. The number of benzene rings is 1. The maximum atomic E-state index is 9.39. The quantitative estimate of drug-likeness (QED) is 0.549. The van der Waals surface area contributed by atoms with E-state index in [0.717, 1.165) is 10.9 Å². The van der Waals surface area contributed by atoms with Crippen molar-refractivity contribution < 1.29 is 24.4 Å². The highest BCUT2D eigenvalue weighted by Crippen LogP contribution is 2.30. The van der Waals surface area contributed by atoms with Gasteiger partial charge >= 0.3 is 7.82 Å². The fourth-order valence-corrected chi connectivity index (χ4v) is 1.80. The van der Waals surface area contributed by atoms with Gasteiger partial charge in [-0.25, -0.2) is 4.57 Å². The lowest BCUT2D eigenvalue weighted by Gasteiger charge is -1.93. The molecule has 17 heavy (non-hydrogen) atoms. The first-order chi connectivity index (χ1) is 7.68. The van der Waals surface area contributed by atoms with E-state index in [1.165, 1.54) is 0 Å². The van der Waals surface area contributed by atoms with Crippen LogP contribution in [0.5, 0.6) is 5.75 Å². The second kappa shape index (κ2) is 5.39. The van der Waals surface area contributed by atoms with Crippen LogP contribution >= 0.6 is 35.6 Å². The molecule has 6 nitrogen and oxygen atoms in total. The summed E-state index contributed by atoms with van der Waals surface area (Å²) in [5.74, 6) is 0.249. The summed E-state index contributed by atoms with van der Waals surface area (Å²) in [5.41, 5.74) is 0.861. The zero-order valence-electron chi connectivity index (χ0n) is 8.16. The van der Waals surface area contributed by atoms with Crippen molar-refractivity contribution >= 4 is 46.5 Å². The van der Waals surface area contributed by atoms with Crippen molar-refractivity contribution in [2.75, 3.05) is 0 Å². The molecule has 2 rings (SSSR count). The minimum Gasteiger partial charge on any atom is -0.506 e. The number of phosphoric acid groups is 1. The van der Waals surface area contributed by atoms with E-state index in [-0.39, 0.29) is 5.75 Å². The summed E-state index contributed by atoms with van der Waals surface area (Å²) in [5, 5.41) is 10.8. The molecule has 4 N–H and O–H groups in total. The maximum absolute atomic E-state index is 9.39. The monoisotopic (exact) mass is 343 g/mol. The van der Waals surface area contributed by atoms with E-state index in [4.69, 9.17) is 30.8 Å². The zero-order chi connectivity index (χ0) is 13.2. The Morgan fingerprint density at radius 3 is 2.35 bits per heavy atom. The molecule has 0 radical (unpaired) electrons. The van der Waals surface area contributed by atoms with Gasteiger partial charge in [-0.15, -0.1) is 0 Å². The third-order valence-electron chi connectivity index (χ3n) is 1.70. The van der Waals surface area contributed by atoms with Crippen LogP contribution < -0.4 is 0 Å². The highest BCUT2D eigenvalue weighted by atomic mass is 79.9. The van der Waals surface area contributed by atoms with Crippen molar-refractivity contribution in [2.45, 2.75) is 0 Å². The Bertz CT molecular complexity index is 572. The molecular weight excluding hydrogens is 336 g/mol. The van der Waals surface area contributed by atoms with Crippen LogP contribution in [0.4, 0.5) is 0 Å². The number of fused-ring (bicyclic) bond motifs is 1. The summed E-state index contributed by atoms with van der Waals surface area (Å²) in [6.45, 7) is 0. The first-order valence-electron chi connectivity index (χ1n) is 4.12. The Hall–Kier alpha value is -0.560. The van der Waals surface area contributed by atoms with Gasteiger partial charge in [0, 0.05) is 10.4 Å². The van der Waals surface area contributed by atoms with Crippen molar-refractivity contribution in [3.8, 4) is 5.75 Å². The van der Waals surface area contributed by atoms with Gasteiger partial charge in [-0.2, -0.15) is 0 Å². The Morgan fingerprint density at radius 2 is 1.82 bits per heavy atom. The highest BCUT2D eigenvalue weighted by Gasteiger charge is 2.05. The summed E-state index contributed by atoms with van der Waals surface area (Å²) in [7, 11) is -4.64. The fourth-order valence-electron chi connectivity index (χ4n) is 1.14. The lowest BCUT2D eigenvalue weighted by molar-refractivity contribution is 0.275. The zero-order valence-corrected chi connectivity index (χ0v) is 11.4. The number of hydrogen-bond acceptors (Lipinski definition) is 2. The van der Waals surface area contributed by atoms with E-state index in [1.54, 1.807) is 28.0 Å². The van der Waals surface area contributed by atoms with Crippen molar-refractivity contribution in [3.63, 3.8) is 0 Å². The van der Waals surface area contributed by atoms with Crippen LogP contribution in [0.15, 0.2) is 24.4 Å². The number of nitrogens with zero attached hydrogens (tertiary/aromatic N) is 1. The molecule has 1 heterocycles. The van der Waals surface area contributed by atoms with Gasteiger partial charge in [0.15, 0.2) is 0 Å².